The standard InChI is InChI=1S/C33H42N8O5/c1-22-40(32(45)35-2)31(44)33(41(22)24-8-6-5-7-9-24)14-16-39(17-15-33)30(43)28(18-23-10-12-26(46-4)13-11-23)37-29(42)27(34)19-25-20-36-21-38(25)3/h5-13,20-22,27-28H,14-19,34H2,1-4H3,(H,35,45)(H,37,42)/t22-,27?,28-/m0/s1. The number of anilines is 1. The molecule has 3 heterocycles. The Morgan fingerprint density at radius 1 is 1.07 bits per heavy atom. The van der Waals surface area contributed by atoms with Gasteiger partial charge in [0.05, 0.1) is 19.5 Å². The summed E-state index contributed by atoms with van der Waals surface area (Å²) in [5.74, 6) is -0.323. The van der Waals surface area contributed by atoms with E-state index in [0.717, 1.165) is 16.9 Å². The van der Waals surface area contributed by atoms with Gasteiger partial charge in [-0.3, -0.25) is 14.4 Å². The number of amides is 5. The van der Waals surface area contributed by atoms with Crippen LogP contribution in [0, 0.1) is 0 Å². The Labute approximate surface area is 268 Å². The molecule has 0 aliphatic carbocycles. The van der Waals surface area contributed by atoms with E-state index >= 15 is 0 Å². The molecular formula is C33H42N8O5. The Morgan fingerprint density at radius 2 is 1.74 bits per heavy atom. The normalized spacial score (nSPS) is 18.8. The summed E-state index contributed by atoms with van der Waals surface area (Å²) in [5, 5.41) is 5.50. The molecule has 1 unspecified atom stereocenters. The number of nitrogens with zero attached hydrogens (tertiary/aromatic N) is 5. The summed E-state index contributed by atoms with van der Waals surface area (Å²) in [5.41, 5.74) is 7.73. The number of aromatic nitrogens is 2. The van der Waals surface area contributed by atoms with Crippen molar-refractivity contribution in [3.05, 3.63) is 78.4 Å². The highest BCUT2D eigenvalue weighted by atomic mass is 16.5. The van der Waals surface area contributed by atoms with E-state index in [2.05, 4.69) is 15.6 Å². The molecule has 0 saturated carbocycles. The van der Waals surface area contributed by atoms with E-state index < -0.39 is 35.7 Å². The number of piperidine rings is 1. The maximum absolute atomic E-state index is 14.1. The molecule has 2 aliphatic rings. The predicted octanol–water partition coefficient (Wildman–Crippen LogP) is 1.42. The van der Waals surface area contributed by atoms with Crippen LogP contribution in [0.5, 0.6) is 5.75 Å². The quantitative estimate of drug-likeness (QED) is 0.321. The number of para-hydroxylation sites is 1. The van der Waals surface area contributed by atoms with Crippen LogP contribution < -0.4 is 26.0 Å². The van der Waals surface area contributed by atoms with Crippen LogP contribution in [-0.4, -0.2) is 94.1 Å². The Balaban J connectivity index is 1.36. The minimum Gasteiger partial charge on any atom is -0.497 e. The lowest BCUT2D eigenvalue weighted by Crippen LogP contribution is -2.61. The molecule has 2 aliphatic heterocycles. The zero-order chi connectivity index (χ0) is 33.0. The zero-order valence-corrected chi connectivity index (χ0v) is 26.7. The molecule has 0 radical (unpaired) electrons. The van der Waals surface area contributed by atoms with Gasteiger partial charge in [-0.25, -0.2) is 14.7 Å². The van der Waals surface area contributed by atoms with E-state index in [1.807, 2.05) is 61.3 Å². The Bertz CT molecular complexity index is 1550. The number of carbonyl (C=O) groups excluding carboxylic acids is 4. The van der Waals surface area contributed by atoms with Crippen molar-refractivity contribution >= 4 is 29.4 Å². The largest absolute Gasteiger partial charge is 0.497 e. The van der Waals surface area contributed by atoms with E-state index in [-0.39, 0.29) is 37.7 Å². The number of imidazole rings is 1. The highest BCUT2D eigenvalue weighted by molar-refractivity contribution is 6.05. The first-order valence-electron chi connectivity index (χ1n) is 15.4. The third-order valence-corrected chi connectivity index (χ3v) is 9.09. The Morgan fingerprint density at radius 3 is 2.33 bits per heavy atom. The molecule has 1 spiro atoms. The Kier molecular flexibility index (Phi) is 9.61. The van der Waals surface area contributed by atoms with Gasteiger partial charge in [0.15, 0.2) is 0 Å². The van der Waals surface area contributed by atoms with Crippen molar-refractivity contribution in [1.29, 1.82) is 0 Å². The molecule has 3 aromatic rings. The number of rotatable bonds is 9. The lowest BCUT2D eigenvalue weighted by Gasteiger charge is -2.45. The van der Waals surface area contributed by atoms with Gasteiger partial charge in [0.2, 0.25) is 11.8 Å². The maximum atomic E-state index is 14.1. The first-order valence-corrected chi connectivity index (χ1v) is 15.4. The second-order valence-corrected chi connectivity index (χ2v) is 11.8. The number of hydrogen-bond acceptors (Lipinski definition) is 8. The van der Waals surface area contributed by atoms with Gasteiger partial charge in [0.1, 0.15) is 23.5 Å². The first kappa shape index (κ1) is 32.5. The summed E-state index contributed by atoms with van der Waals surface area (Å²) in [4.78, 5) is 63.3. The number of methoxy groups -OCH3 is 1. The molecule has 13 heteroatoms. The number of urea groups is 1. The minimum absolute atomic E-state index is 0.241. The third-order valence-electron chi connectivity index (χ3n) is 9.09. The van der Waals surface area contributed by atoms with Gasteiger partial charge in [-0.05, 0) is 49.6 Å². The van der Waals surface area contributed by atoms with Gasteiger partial charge >= 0.3 is 6.03 Å². The van der Waals surface area contributed by atoms with Crippen LogP contribution in [0.4, 0.5) is 10.5 Å². The number of aryl methyl sites for hydroxylation is 1. The lowest BCUT2D eigenvalue weighted by molar-refractivity contribution is -0.140. The number of likely N-dealkylation sites (tertiary alicyclic amines) is 1. The van der Waals surface area contributed by atoms with Crippen molar-refractivity contribution in [2.45, 2.75) is 56.4 Å². The molecule has 46 heavy (non-hydrogen) atoms. The van der Waals surface area contributed by atoms with Gasteiger partial charge in [-0.2, -0.15) is 0 Å². The second kappa shape index (κ2) is 13.6. The molecule has 2 aromatic carbocycles. The van der Waals surface area contributed by atoms with E-state index in [1.165, 1.54) is 11.9 Å². The summed E-state index contributed by atoms with van der Waals surface area (Å²) in [6.07, 6.45) is 3.90. The number of benzene rings is 2. The summed E-state index contributed by atoms with van der Waals surface area (Å²) < 4.78 is 7.07. The monoisotopic (exact) mass is 630 g/mol. The van der Waals surface area contributed by atoms with Crippen molar-refractivity contribution in [3.63, 3.8) is 0 Å². The van der Waals surface area contributed by atoms with E-state index in [9.17, 15) is 19.2 Å². The SMILES string of the molecule is CNC(=O)N1C(=O)C2(CCN(C(=O)[C@H](Cc3ccc(OC)cc3)NC(=O)C(N)Cc3cncn3C)CC2)N(c2ccccc2)[C@H]1C. The lowest BCUT2D eigenvalue weighted by atomic mass is 9.85. The van der Waals surface area contributed by atoms with Gasteiger partial charge in [0.25, 0.3) is 5.91 Å². The average molecular weight is 631 g/mol. The van der Waals surface area contributed by atoms with Crippen LogP contribution in [-0.2, 0) is 34.3 Å². The van der Waals surface area contributed by atoms with Crippen molar-refractivity contribution in [2.24, 2.45) is 12.8 Å². The smallest absolute Gasteiger partial charge is 0.325 e. The van der Waals surface area contributed by atoms with Crippen LogP contribution in [0.3, 0.4) is 0 Å². The van der Waals surface area contributed by atoms with Crippen molar-refractivity contribution in [1.82, 2.24) is 30.0 Å². The van der Waals surface area contributed by atoms with Crippen molar-refractivity contribution < 1.29 is 23.9 Å². The second-order valence-electron chi connectivity index (χ2n) is 11.8. The molecule has 5 rings (SSSR count). The molecule has 0 bridgehead atoms. The minimum atomic E-state index is -1.01. The number of nitrogens with two attached hydrogens (primary N) is 1. The number of imide groups is 1. The van der Waals surface area contributed by atoms with Crippen LogP contribution in [0.25, 0.3) is 0 Å². The van der Waals surface area contributed by atoms with Crippen LogP contribution in [0.2, 0.25) is 0 Å². The molecule has 1 aromatic heterocycles. The van der Waals surface area contributed by atoms with Crippen LogP contribution >= 0.6 is 0 Å². The molecule has 2 saturated heterocycles. The fraction of sp³-hybridized carbons (Fsp3) is 0.424. The number of carbonyl (C=O) groups is 4. The number of ether oxygens (including phenoxy) is 1. The maximum Gasteiger partial charge on any atom is 0.325 e. The fourth-order valence-electron chi connectivity index (χ4n) is 6.55. The van der Waals surface area contributed by atoms with Crippen LogP contribution in [0.15, 0.2) is 67.1 Å². The van der Waals surface area contributed by atoms with Crippen molar-refractivity contribution in [3.8, 4) is 5.75 Å². The van der Waals surface area contributed by atoms with Gasteiger partial charge in [0, 0.05) is 57.6 Å². The van der Waals surface area contributed by atoms with E-state index in [4.69, 9.17) is 10.5 Å². The first-order chi connectivity index (χ1) is 22.1. The molecule has 13 nitrogen and oxygen atoms in total. The molecule has 3 atom stereocenters. The highest BCUT2D eigenvalue weighted by Crippen LogP contribution is 2.42. The summed E-state index contributed by atoms with van der Waals surface area (Å²) >= 11 is 0. The van der Waals surface area contributed by atoms with E-state index in [1.54, 1.807) is 41.2 Å². The molecule has 4 N–H and O–H groups in total. The zero-order valence-electron chi connectivity index (χ0n) is 26.7. The summed E-state index contributed by atoms with van der Waals surface area (Å²) in [7, 11) is 4.91. The summed E-state index contributed by atoms with van der Waals surface area (Å²) in [6.45, 7) is 2.36. The topological polar surface area (TPSA) is 155 Å². The molecule has 244 valence electrons. The third kappa shape index (κ3) is 6.27. The molecule has 5 amide bonds. The Hall–Kier alpha value is -4.91. The highest BCUT2D eigenvalue weighted by Gasteiger charge is 2.59. The van der Waals surface area contributed by atoms with E-state index in [0.29, 0.717) is 18.6 Å². The fourth-order valence-corrected chi connectivity index (χ4v) is 6.55. The van der Waals surface area contributed by atoms with Crippen LogP contribution in [0.1, 0.15) is 31.0 Å². The van der Waals surface area contributed by atoms with Gasteiger partial charge in [-0.1, -0.05) is 30.3 Å². The summed E-state index contributed by atoms with van der Waals surface area (Å²) in [6, 6.07) is 14.6. The number of nitrogens with one attached hydrogen (secondary N) is 2. The molecular weight excluding hydrogens is 588 g/mol. The van der Waals surface area contributed by atoms with Gasteiger partial charge < -0.3 is 35.5 Å². The predicted molar refractivity (Wildman–Crippen MR) is 172 cm³/mol. The average Bonchev–Trinajstić information content (AvgIpc) is 3.57. The van der Waals surface area contributed by atoms with Crippen molar-refractivity contribution in [2.75, 3.05) is 32.1 Å². The van der Waals surface area contributed by atoms with Gasteiger partial charge in [-0.15, -0.1) is 0 Å². The number of hydrogen-bond donors (Lipinski definition) is 3. The molecule has 2 fully saturated rings.